The van der Waals surface area contributed by atoms with Crippen LogP contribution in [0.2, 0.25) is 0 Å². The Balaban J connectivity index is 1.52. The van der Waals surface area contributed by atoms with E-state index in [0.29, 0.717) is 5.71 Å². The Bertz CT molecular complexity index is 1160. The molecule has 0 aliphatic heterocycles. The molecule has 1 amide bonds. The summed E-state index contributed by atoms with van der Waals surface area (Å²) in [6.07, 6.45) is 5.32. The number of benzene rings is 3. The van der Waals surface area contributed by atoms with Gasteiger partial charge < -0.3 is 9.67 Å². The predicted octanol–water partition coefficient (Wildman–Crippen LogP) is 3.89. The standard InChI is InChI=1S/C22H18N4O2/c1-15(16-6-8-19(9-7-16)26-11-10-23-14-26)24-25-22(28)20-12-17-4-2-3-5-18(17)13-21(20)27/h2-14,27H,1H3,(H,25,28). The minimum atomic E-state index is -0.461. The Morgan fingerprint density at radius 1 is 1.07 bits per heavy atom. The van der Waals surface area contributed by atoms with Crippen molar-refractivity contribution < 1.29 is 9.90 Å². The Morgan fingerprint density at radius 2 is 1.79 bits per heavy atom. The monoisotopic (exact) mass is 370 g/mol. The van der Waals surface area contributed by atoms with Crippen molar-refractivity contribution in [3.63, 3.8) is 0 Å². The van der Waals surface area contributed by atoms with E-state index in [-0.39, 0.29) is 11.3 Å². The summed E-state index contributed by atoms with van der Waals surface area (Å²) in [5.41, 5.74) is 5.23. The molecule has 0 fully saturated rings. The van der Waals surface area contributed by atoms with Gasteiger partial charge in [0.05, 0.1) is 17.6 Å². The van der Waals surface area contributed by atoms with Gasteiger partial charge in [0, 0.05) is 18.1 Å². The van der Waals surface area contributed by atoms with E-state index in [2.05, 4.69) is 15.5 Å². The maximum Gasteiger partial charge on any atom is 0.275 e. The van der Waals surface area contributed by atoms with Crippen molar-refractivity contribution in [1.82, 2.24) is 15.0 Å². The topological polar surface area (TPSA) is 79.5 Å². The second kappa shape index (κ2) is 7.36. The molecule has 0 spiro atoms. The molecule has 0 unspecified atom stereocenters. The average Bonchev–Trinajstić information content (AvgIpc) is 3.26. The summed E-state index contributed by atoms with van der Waals surface area (Å²) in [4.78, 5) is 16.5. The van der Waals surface area contributed by atoms with Crippen LogP contribution in [0.5, 0.6) is 5.75 Å². The van der Waals surface area contributed by atoms with Crippen LogP contribution < -0.4 is 5.43 Å². The molecule has 28 heavy (non-hydrogen) atoms. The maximum atomic E-state index is 12.5. The van der Waals surface area contributed by atoms with E-state index in [0.717, 1.165) is 22.0 Å². The zero-order chi connectivity index (χ0) is 19.5. The lowest BCUT2D eigenvalue weighted by atomic mass is 10.1. The highest BCUT2D eigenvalue weighted by atomic mass is 16.3. The second-order valence-corrected chi connectivity index (χ2v) is 6.37. The van der Waals surface area contributed by atoms with E-state index in [1.54, 1.807) is 24.7 Å². The third-order valence-corrected chi connectivity index (χ3v) is 4.52. The van der Waals surface area contributed by atoms with Crippen LogP contribution in [0.1, 0.15) is 22.8 Å². The molecule has 0 aliphatic rings. The summed E-state index contributed by atoms with van der Waals surface area (Å²) in [6.45, 7) is 1.81. The third-order valence-electron chi connectivity index (χ3n) is 4.52. The number of aromatic hydroxyl groups is 1. The van der Waals surface area contributed by atoms with Gasteiger partial charge in [-0.05, 0) is 47.5 Å². The Labute approximate surface area is 161 Å². The molecule has 0 saturated carbocycles. The molecule has 3 aromatic carbocycles. The molecule has 1 heterocycles. The van der Waals surface area contributed by atoms with Gasteiger partial charge in [-0.3, -0.25) is 4.79 Å². The molecule has 4 aromatic rings. The van der Waals surface area contributed by atoms with Crippen molar-refractivity contribution in [2.45, 2.75) is 6.92 Å². The zero-order valence-corrected chi connectivity index (χ0v) is 15.2. The van der Waals surface area contributed by atoms with E-state index in [1.807, 2.05) is 66.2 Å². The van der Waals surface area contributed by atoms with Crippen molar-refractivity contribution in [2.75, 3.05) is 0 Å². The number of phenols is 1. The van der Waals surface area contributed by atoms with Crippen molar-refractivity contribution in [3.05, 3.63) is 90.5 Å². The minimum absolute atomic E-state index is 0.0752. The highest BCUT2D eigenvalue weighted by Crippen LogP contribution is 2.24. The third kappa shape index (κ3) is 3.48. The molecule has 138 valence electrons. The van der Waals surface area contributed by atoms with Gasteiger partial charge in [-0.15, -0.1) is 0 Å². The fourth-order valence-corrected chi connectivity index (χ4v) is 2.96. The highest BCUT2D eigenvalue weighted by molar-refractivity contribution is 6.03. The number of amides is 1. The summed E-state index contributed by atoms with van der Waals surface area (Å²) in [5.74, 6) is -0.536. The fourth-order valence-electron chi connectivity index (χ4n) is 2.96. The van der Waals surface area contributed by atoms with Crippen LogP contribution in [-0.4, -0.2) is 26.3 Å². The van der Waals surface area contributed by atoms with Gasteiger partial charge in [0.25, 0.3) is 5.91 Å². The molecule has 0 radical (unpaired) electrons. The van der Waals surface area contributed by atoms with E-state index in [9.17, 15) is 9.90 Å². The van der Waals surface area contributed by atoms with E-state index in [1.165, 1.54) is 0 Å². The molecule has 1 aromatic heterocycles. The normalized spacial score (nSPS) is 11.5. The quantitative estimate of drug-likeness (QED) is 0.423. The summed E-state index contributed by atoms with van der Waals surface area (Å²) in [7, 11) is 0. The fraction of sp³-hybridized carbons (Fsp3) is 0.0455. The molecule has 0 bridgehead atoms. The summed E-state index contributed by atoms with van der Waals surface area (Å²) in [5, 5.41) is 16.1. The first-order valence-corrected chi connectivity index (χ1v) is 8.77. The van der Waals surface area contributed by atoms with E-state index >= 15 is 0 Å². The van der Waals surface area contributed by atoms with Gasteiger partial charge in [-0.25, -0.2) is 10.4 Å². The van der Waals surface area contributed by atoms with E-state index in [4.69, 9.17) is 0 Å². The summed E-state index contributed by atoms with van der Waals surface area (Å²) >= 11 is 0. The Morgan fingerprint density at radius 3 is 2.46 bits per heavy atom. The number of aromatic nitrogens is 2. The summed E-state index contributed by atoms with van der Waals surface area (Å²) in [6, 6.07) is 18.5. The van der Waals surface area contributed by atoms with Gasteiger partial charge >= 0.3 is 0 Å². The van der Waals surface area contributed by atoms with Crippen LogP contribution in [0.25, 0.3) is 16.5 Å². The average molecular weight is 370 g/mol. The minimum Gasteiger partial charge on any atom is -0.507 e. The molecular weight excluding hydrogens is 352 g/mol. The number of fused-ring (bicyclic) bond motifs is 1. The number of hydrogen-bond acceptors (Lipinski definition) is 4. The number of nitrogens with zero attached hydrogens (tertiary/aromatic N) is 3. The Hall–Kier alpha value is -3.93. The Kier molecular flexibility index (Phi) is 4.60. The number of nitrogens with one attached hydrogen (secondary N) is 1. The van der Waals surface area contributed by atoms with Crippen LogP contribution in [0.4, 0.5) is 0 Å². The molecule has 0 aliphatic carbocycles. The SMILES string of the molecule is CC(=NNC(=O)c1cc2ccccc2cc1O)c1ccc(-n2ccnc2)cc1. The molecule has 4 rings (SSSR count). The van der Waals surface area contributed by atoms with Crippen LogP contribution in [0.15, 0.2) is 84.5 Å². The maximum absolute atomic E-state index is 12.5. The van der Waals surface area contributed by atoms with Gasteiger partial charge in [0.15, 0.2) is 0 Å². The smallest absolute Gasteiger partial charge is 0.275 e. The van der Waals surface area contributed by atoms with Crippen LogP contribution >= 0.6 is 0 Å². The van der Waals surface area contributed by atoms with Gasteiger partial charge in [-0.2, -0.15) is 5.10 Å². The van der Waals surface area contributed by atoms with E-state index < -0.39 is 5.91 Å². The predicted molar refractivity (Wildman–Crippen MR) is 109 cm³/mol. The second-order valence-electron chi connectivity index (χ2n) is 6.37. The molecular formula is C22H18N4O2. The lowest BCUT2D eigenvalue weighted by Crippen LogP contribution is -2.19. The number of imidazole rings is 1. The van der Waals surface area contributed by atoms with Crippen LogP contribution in [-0.2, 0) is 0 Å². The number of hydrogen-bond donors (Lipinski definition) is 2. The number of carbonyl (C=O) groups is 1. The summed E-state index contributed by atoms with van der Waals surface area (Å²) < 4.78 is 1.90. The molecule has 6 nitrogen and oxygen atoms in total. The number of rotatable bonds is 4. The van der Waals surface area contributed by atoms with Crippen LogP contribution in [0, 0.1) is 0 Å². The first kappa shape index (κ1) is 17.5. The van der Waals surface area contributed by atoms with Crippen molar-refractivity contribution in [1.29, 1.82) is 0 Å². The lowest BCUT2D eigenvalue weighted by molar-refractivity contribution is 0.0952. The molecule has 0 saturated heterocycles. The van der Waals surface area contributed by atoms with Crippen molar-refractivity contribution in [3.8, 4) is 11.4 Å². The number of hydrazone groups is 1. The van der Waals surface area contributed by atoms with Gasteiger partial charge in [0.1, 0.15) is 5.75 Å². The molecule has 0 atom stereocenters. The van der Waals surface area contributed by atoms with Gasteiger partial charge in [-0.1, -0.05) is 36.4 Å². The van der Waals surface area contributed by atoms with Crippen LogP contribution in [0.3, 0.4) is 0 Å². The first-order valence-electron chi connectivity index (χ1n) is 8.77. The number of phenolic OH excluding ortho intramolecular Hbond substituents is 1. The number of carbonyl (C=O) groups excluding carboxylic acids is 1. The highest BCUT2D eigenvalue weighted by Gasteiger charge is 2.12. The van der Waals surface area contributed by atoms with Crippen molar-refractivity contribution >= 4 is 22.4 Å². The lowest BCUT2D eigenvalue weighted by Gasteiger charge is -2.07. The van der Waals surface area contributed by atoms with Crippen molar-refractivity contribution in [2.24, 2.45) is 5.10 Å². The molecule has 2 N–H and O–H groups in total. The first-order chi connectivity index (χ1) is 13.6. The largest absolute Gasteiger partial charge is 0.507 e. The zero-order valence-electron chi connectivity index (χ0n) is 15.2. The molecule has 6 heteroatoms. The van der Waals surface area contributed by atoms with Gasteiger partial charge in [0.2, 0.25) is 0 Å².